The smallest absolute Gasteiger partial charge is 0.340 e. The predicted octanol–water partition coefficient (Wildman–Crippen LogP) is 9.38. The molecule has 9 N–H and O–H groups in total. The zero-order valence-corrected chi connectivity index (χ0v) is 31.6. The Labute approximate surface area is 294 Å². The van der Waals surface area contributed by atoms with Gasteiger partial charge in [-0.1, -0.05) is 97.8 Å². The number of carbonyl (C=O) groups is 2. The lowest BCUT2D eigenvalue weighted by molar-refractivity contribution is -0.105. The van der Waals surface area contributed by atoms with E-state index in [1.54, 1.807) is 0 Å². The van der Waals surface area contributed by atoms with Crippen LogP contribution in [0.5, 0.6) is 0 Å². The summed E-state index contributed by atoms with van der Waals surface area (Å²) in [6, 6.07) is 15.3. The van der Waals surface area contributed by atoms with Crippen molar-refractivity contribution in [1.82, 2.24) is 0 Å². The number of amides is 1. The summed E-state index contributed by atoms with van der Waals surface area (Å²) < 4.78 is 4.46. The van der Waals surface area contributed by atoms with Crippen LogP contribution in [0.4, 0.5) is 32.8 Å². The number of anilines is 6. The molecule has 2 unspecified atom stereocenters. The van der Waals surface area contributed by atoms with E-state index in [9.17, 15) is 9.59 Å². The Morgan fingerprint density at radius 3 is 1.81 bits per heavy atom. The molecule has 0 fully saturated rings. The fraction of sp³-hybridized carbons (Fsp3) is 0.526. The van der Waals surface area contributed by atoms with Crippen molar-refractivity contribution in [3.63, 3.8) is 0 Å². The molecule has 3 rings (SSSR count). The van der Waals surface area contributed by atoms with Gasteiger partial charge in [-0.2, -0.15) is 0 Å². The minimum atomic E-state index is -0.449. The van der Waals surface area contributed by atoms with Crippen LogP contribution in [0, 0.1) is 18.8 Å². The van der Waals surface area contributed by atoms with Crippen molar-refractivity contribution in [1.29, 1.82) is 0 Å². The molecule has 0 saturated carbocycles. The molecule has 1 aromatic heterocycles. The summed E-state index contributed by atoms with van der Waals surface area (Å²) in [6.45, 7) is 17.3. The number of methoxy groups -OCH3 is 1. The Morgan fingerprint density at radius 1 is 0.875 bits per heavy atom. The van der Waals surface area contributed by atoms with Gasteiger partial charge in [-0.25, -0.2) is 4.79 Å². The first kappa shape index (κ1) is 44.1. The van der Waals surface area contributed by atoms with Gasteiger partial charge in [-0.3, -0.25) is 4.79 Å². The van der Waals surface area contributed by atoms with Crippen molar-refractivity contribution in [2.75, 3.05) is 53.4 Å². The summed E-state index contributed by atoms with van der Waals surface area (Å²) in [7, 11) is 1.30. The fourth-order valence-corrected chi connectivity index (χ4v) is 5.62. The molecule has 0 aliphatic rings. The standard InChI is InChI=1S/C23H41N3O.C7H9N.C6H8N2O2S.C2H6/c1-5-9-11-19(7-3)16-26(17-20(8-4)12-10-6-2)21-13-14-22(24)23(15-21)25-18-27;1-6-2-4-7(8)5-3-6;1-10-6(9)3-2-4(7)11-5(3)8;1-2/h13-15,18-20H,5-12,16-17,24H2,1-4H3,(H,25,27);2-5H,8H2,1H3;2H,7-8H2,1H3;1-2H3. The minimum Gasteiger partial charge on any atom is -0.465 e. The first-order chi connectivity index (χ1) is 23.0. The van der Waals surface area contributed by atoms with E-state index in [-0.39, 0.29) is 0 Å². The third kappa shape index (κ3) is 17.3. The number of carbonyl (C=O) groups excluding carboxylic acids is 2. The molecule has 9 nitrogen and oxygen atoms in total. The van der Waals surface area contributed by atoms with E-state index >= 15 is 0 Å². The van der Waals surface area contributed by atoms with E-state index in [0.29, 0.717) is 45.2 Å². The molecular weight excluding hydrogens is 621 g/mol. The normalized spacial score (nSPS) is 11.2. The predicted molar refractivity (Wildman–Crippen MR) is 211 cm³/mol. The number of thiophene rings is 1. The molecule has 0 aliphatic carbocycles. The number of hydrogen-bond donors (Lipinski definition) is 5. The largest absolute Gasteiger partial charge is 0.465 e. The maximum absolute atomic E-state index is 10.9. The van der Waals surface area contributed by atoms with Gasteiger partial charge in [0.05, 0.1) is 29.0 Å². The highest BCUT2D eigenvalue weighted by atomic mass is 32.1. The van der Waals surface area contributed by atoms with Crippen LogP contribution in [0.3, 0.4) is 0 Å². The van der Waals surface area contributed by atoms with E-state index in [1.807, 2.05) is 57.2 Å². The number of hydrogen-bond acceptors (Lipinski definition) is 9. The third-order valence-corrected chi connectivity index (χ3v) is 8.72. The van der Waals surface area contributed by atoms with Gasteiger partial charge in [-0.05, 0) is 68.0 Å². The van der Waals surface area contributed by atoms with Crippen molar-refractivity contribution in [2.24, 2.45) is 11.8 Å². The zero-order chi connectivity index (χ0) is 36.5. The van der Waals surface area contributed by atoms with Crippen LogP contribution in [-0.2, 0) is 9.53 Å². The first-order valence-corrected chi connectivity index (χ1v) is 18.2. The summed E-state index contributed by atoms with van der Waals surface area (Å²) in [5.41, 5.74) is 27.2. The second kappa shape index (κ2) is 26.1. The van der Waals surface area contributed by atoms with Crippen LogP contribution in [0.1, 0.15) is 109 Å². The molecule has 3 aromatic rings. The Bertz CT molecular complexity index is 1240. The summed E-state index contributed by atoms with van der Waals surface area (Å²) in [6.07, 6.45) is 10.8. The third-order valence-electron chi connectivity index (χ3n) is 7.92. The molecule has 1 heterocycles. The number of nitrogens with zero attached hydrogens (tertiary/aromatic N) is 1. The van der Waals surface area contributed by atoms with Crippen LogP contribution in [-0.4, -0.2) is 32.6 Å². The minimum absolute atomic E-state index is 0.343. The van der Waals surface area contributed by atoms with Crippen LogP contribution in [0.2, 0.25) is 0 Å². The van der Waals surface area contributed by atoms with E-state index < -0.39 is 5.97 Å². The number of benzene rings is 2. The summed E-state index contributed by atoms with van der Waals surface area (Å²) in [5, 5.41) is 3.66. The highest BCUT2D eigenvalue weighted by molar-refractivity contribution is 7.20. The topological polar surface area (TPSA) is 163 Å². The molecule has 0 spiro atoms. The molecular formula is C38H64N6O3S. The Hall–Kier alpha value is -3.92. The highest BCUT2D eigenvalue weighted by Gasteiger charge is 2.18. The number of aryl methyl sites for hydroxylation is 1. The number of rotatable bonds is 16. The molecule has 2 aromatic carbocycles. The second-order valence-corrected chi connectivity index (χ2v) is 12.7. The van der Waals surface area contributed by atoms with E-state index in [1.165, 1.54) is 87.1 Å². The van der Waals surface area contributed by atoms with E-state index in [0.717, 1.165) is 18.8 Å². The van der Waals surface area contributed by atoms with E-state index in [2.05, 4.69) is 48.7 Å². The fourth-order valence-electron chi connectivity index (χ4n) is 4.93. The molecule has 270 valence electrons. The Kier molecular flexibility index (Phi) is 24.0. The quantitative estimate of drug-likeness (QED) is 0.0566. The molecule has 0 bridgehead atoms. The highest BCUT2D eigenvalue weighted by Crippen LogP contribution is 2.29. The molecule has 10 heteroatoms. The lowest BCUT2D eigenvalue weighted by Gasteiger charge is -2.33. The average Bonchev–Trinajstić information content (AvgIpc) is 3.44. The van der Waals surface area contributed by atoms with Gasteiger partial charge in [0.1, 0.15) is 5.00 Å². The van der Waals surface area contributed by atoms with Crippen LogP contribution >= 0.6 is 11.3 Å². The Morgan fingerprint density at radius 2 is 1.42 bits per heavy atom. The van der Waals surface area contributed by atoms with Gasteiger partial charge >= 0.3 is 5.97 Å². The van der Waals surface area contributed by atoms with Crippen molar-refractivity contribution >= 4 is 56.5 Å². The van der Waals surface area contributed by atoms with Crippen LogP contribution in [0.15, 0.2) is 48.5 Å². The number of ether oxygens (including phenoxy) is 1. The first-order valence-electron chi connectivity index (χ1n) is 17.4. The second-order valence-electron chi connectivity index (χ2n) is 11.6. The van der Waals surface area contributed by atoms with Gasteiger partial charge in [0.15, 0.2) is 0 Å². The monoisotopic (exact) mass is 684 g/mol. The summed E-state index contributed by atoms with van der Waals surface area (Å²) >= 11 is 1.17. The van der Waals surface area contributed by atoms with Crippen LogP contribution in [0.25, 0.3) is 0 Å². The maximum Gasteiger partial charge on any atom is 0.340 e. The molecule has 0 radical (unpaired) electrons. The number of nitrogens with one attached hydrogen (secondary N) is 1. The number of nitrogens with two attached hydrogens (primary N) is 4. The summed E-state index contributed by atoms with van der Waals surface area (Å²) in [4.78, 5) is 24.3. The molecule has 1 amide bonds. The lowest BCUT2D eigenvalue weighted by atomic mass is 9.95. The maximum atomic E-state index is 10.9. The van der Waals surface area contributed by atoms with Gasteiger partial charge < -0.3 is 37.9 Å². The number of unbranched alkanes of at least 4 members (excludes halogenated alkanes) is 2. The number of esters is 1. The van der Waals surface area contributed by atoms with Crippen LogP contribution < -0.4 is 33.2 Å². The lowest BCUT2D eigenvalue weighted by Crippen LogP contribution is -2.34. The molecule has 48 heavy (non-hydrogen) atoms. The average molecular weight is 685 g/mol. The SMILES string of the molecule is CC.CCCCC(CC)CN(CC(CC)CCCC)c1ccc(N)c(NC=O)c1.COC(=O)c1cc(N)sc1N.Cc1ccc(N)cc1. The zero-order valence-electron chi connectivity index (χ0n) is 30.8. The molecule has 0 saturated heterocycles. The van der Waals surface area contributed by atoms with Crippen molar-refractivity contribution in [3.05, 3.63) is 59.7 Å². The summed E-state index contributed by atoms with van der Waals surface area (Å²) in [5.74, 6) is 0.956. The number of nitrogen functional groups attached to an aromatic ring is 4. The van der Waals surface area contributed by atoms with Gasteiger partial charge in [0, 0.05) is 24.5 Å². The van der Waals surface area contributed by atoms with Crippen molar-refractivity contribution < 1.29 is 14.3 Å². The molecule has 2 atom stereocenters. The van der Waals surface area contributed by atoms with Crippen molar-refractivity contribution in [3.8, 4) is 0 Å². The Balaban J connectivity index is 0.000000848. The van der Waals surface area contributed by atoms with Gasteiger partial charge in [0.25, 0.3) is 0 Å². The van der Waals surface area contributed by atoms with E-state index in [4.69, 9.17) is 22.9 Å². The van der Waals surface area contributed by atoms with Crippen molar-refractivity contribution in [2.45, 2.75) is 99.8 Å². The van der Waals surface area contributed by atoms with Gasteiger partial charge in [0.2, 0.25) is 6.41 Å². The van der Waals surface area contributed by atoms with Gasteiger partial charge in [-0.15, -0.1) is 11.3 Å². The molecule has 0 aliphatic heterocycles.